The van der Waals surface area contributed by atoms with Crippen LogP contribution in [0.15, 0.2) is 24.3 Å². The number of benzene rings is 2. The van der Waals surface area contributed by atoms with E-state index in [0.717, 1.165) is 11.5 Å². The molecule has 0 radical (unpaired) electrons. The zero-order valence-corrected chi connectivity index (χ0v) is 26.2. The maximum atomic E-state index is 7.08. The highest BCUT2D eigenvalue weighted by atomic mass is 28.3. The lowest BCUT2D eigenvalue weighted by Gasteiger charge is -2.42. The molecule has 2 N–H and O–H groups in total. The van der Waals surface area contributed by atoms with Gasteiger partial charge in [-0.3, -0.25) is 0 Å². The van der Waals surface area contributed by atoms with Crippen molar-refractivity contribution in [3.63, 3.8) is 0 Å². The van der Waals surface area contributed by atoms with Crippen LogP contribution in [0.3, 0.4) is 0 Å². The highest BCUT2D eigenvalue weighted by molar-refractivity contribution is 6.89. The van der Waals surface area contributed by atoms with E-state index in [9.17, 15) is 0 Å². The lowest BCUT2D eigenvalue weighted by atomic mass is 9.72. The molecule has 0 saturated carbocycles. The molecule has 0 aliphatic carbocycles. The van der Waals surface area contributed by atoms with E-state index < -0.39 is 16.5 Å². The van der Waals surface area contributed by atoms with Crippen molar-refractivity contribution in [2.24, 2.45) is 0 Å². The Labute approximate surface area is 211 Å². The van der Waals surface area contributed by atoms with Gasteiger partial charge in [-0.2, -0.15) is 0 Å². The Bertz CT molecular complexity index is 1020. The van der Waals surface area contributed by atoms with Crippen LogP contribution < -0.4 is 25.1 Å². The van der Waals surface area contributed by atoms with E-state index in [1.165, 1.54) is 32.6 Å². The third kappa shape index (κ3) is 4.57. The van der Waals surface area contributed by atoms with Gasteiger partial charge in [0.25, 0.3) is 0 Å². The third-order valence-corrected chi connectivity index (χ3v) is 14.0. The normalized spacial score (nSPS) is 16.1. The van der Waals surface area contributed by atoms with Gasteiger partial charge in [-0.05, 0) is 46.4 Å². The highest BCUT2D eigenvalue weighted by Crippen LogP contribution is 2.49. The van der Waals surface area contributed by atoms with E-state index >= 15 is 0 Å². The van der Waals surface area contributed by atoms with Crippen LogP contribution in [0.4, 0.5) is 0 Å². The molecule has 2 aromatic carbocycles. The van der Waals surface area contributed by atoms with Crippen LogP contribution in [-0.4, -0.2) is 30.6 Å². The first-order chi connectivity index (χ1) is 15.3. The Morgan fingerprint density at radius 2 is 0.971 bits per heavy atom. The number of hydrogen-bond donors (Lipinski definition) is 2. The summed E-state index contributed by atoms with van der Waals surface area (Å²) in [7, 11) is 0.362. The molecule has 3 rings (SSSR count). The highest BCUT2D eigenvalue weighted by Gasteiger charge is 2.43. The molecular weight excluding hydrogens is 449 g/mol. The molecule has 34 heavy (non-hydrogen) atoms. The van der Waals surface area contributed by atoms with Crippen LogP contribution >= 0.6 is 0 Å². The van der Waals surface area contributed by atoms with Crippen molar-refractivity contribution in [2.45, 2.75) is 97.8 Å². The predicted octanol–water partition coefficient (Wildman–Crippen LogP) is 5.98. The van der Waals surface area contributed by atoms with Gasteiger partial charge in [0.05, 0.1) is 0 Å². The molecular formula is C29H48N2OSi2. The number of nitrogens with one attached hydrogen (secondary N) is 2. The second-order valence-electron chi connectivity index (χ2n) is 13.8. The van der Waals surface area contributed by atoms with Gasteiger partial charge in [0.2, 0.25) is 0 Å². The first-order valence-electron chi connectivity index (χ1n) is 12.7. The quantitative estimate of drug-likeness (QED) is 0.511. The fourth-order valence-electron chi connectivity index (χ4n) is 4.72. The van der Waals surface area contributed by atoms with Gasteiger partial charge in [0, 0.05) is 16.5 Å². The Hall–Kier alpha value is -1.41. The maximum Gasteiger partial charge on any atom is 0.156 e. The Morgan fingerprint density at radius 1 is 0.647 bits per heavy atom. The molecule has 188 valence electrons. The third-order valence-electron chi connectivity index (χ3n) is 8.06. The first-order valence-corrected chi connectivity index (χ1v) is 18.7. The van der Waals surface area contributed by atoms with Crippen molar-refractivity contribution in [1.29, 1.82) is 0 Å². The number of hydrogen-bond acceptors (Lipinski definition) is 3. The van der Waals surface area contributed by atoms with E-state index in [-0.39, 0.29) is 16.2 Å². The number of rotatable bonds is 4. The molecule has 0 unspecified atom stereocenters. The molecule has 0 spiro atoms. The molecule has 0 fully saturated rings. The first kappa shape index (κ1) is 27.2. The fourth-order valence-corrected chi connectivity index (χ4v) is 7.80. The molecule has 1 aliphatic heterocycles. The van der Waals surface area contributed by atoms with Crippen LogP contribution in [0.2, 0.25) is 26.2 Å². The van der Waals surface area contributed by atoms with Gasteiger partial charge in [-0.25, -0.2) is 0 Å². The van der Waals surface area contributed by atoms with Gasteiger partial charge in [0.15, 0.2) is 16.5 Å². The molecule has 0 aromatic heterocycles. The summed E-state index contributed by atoms with van der Waals surface area (Å²) in [6.07, 6.45) is 0. The van der Waals surface area contributed by atoms with E-state index in [4.69, 9.17) is 4.74 Å². The summed E-state index contributed by atoms with van der Waals surface area (Å²) >= 11 is 0. The molecule has 5 heteroatoms. The van der Waals surface area contributed by atoms with Crippen LogP contribution in [0.25, 0.3) is 0 Å². The Morgan fingerprint density at radius 3 is 1.24 bits per heavy atom. The van der Waals surface area contributed by atoms with Gasteiger partial charge in [-0.15, -0.1) is 0 Å². The average molecular weight is 497 g/mol. The van der Waals surface area contributed by atoms with Gasteiger partial charge in [0.1, 0.15) is 11.5 Å². The summed E-state index contributed by atoms with van der Waals surface area (Å²) in [5.41, 5.74) is 5.38. The minimum absolute atomic E-state index is 0.0673. The summed E-state index contributed by atoms with van der Waals surface area (Å²) in [6, 6.07) is 9.69. The van der Waals surface area contributed by atoms with Gasteiger partial charge in [-0.1, -0.05) is 106 Å². The fraction of sp³-hybridized carbons (Fsp3) is 0.586. The van der Waals surface area contributed by atoms with Crippen molar-refractivity contribution < 1.29 is 4.74 Å². The van der Waals surface area contributed by atoms with E-state index in [1.807, 2.05) is 0 Å². The number of ether oxygens (including phenoxy) is 1. The van der Waals surface area contributed by atoms with Crippen LogP contribution in [0.1, 0.15) is 77.6 Å². The predicted molar refractivity (Wildman–Crippen MR) is 155 cm³/mol. The van der Waals surface area contributed by atoms with E-state index in [2.05, 4.69) is 130 Å². The van der Waals surface area contributed by atoms with Crippen molar-refractivity contribution in [3.05, 3.63) is 46.5 Å². The minimum atomic E-state index is -1.92. The van der Waals surface area contributed by atoms with Gasteiger partial charge < -0.3 is 14.7 Å². The van der Waals surface area contributed by atoms with Crippen molar-refractivity contribution in [2.75, 3.05) is 14.1 Å². The molecule has 0 bridgehead atoms. The van der Waals surface area contributed by atoms with Crippen molar-refractivity contribution in [1.82, 2.24) is 9.96 Å². The average Bonchev–Trinajstić information content (AvgIpc) is 2.71. The van der Waals surface area contributed by atoms with E-state index in [0.29, 0.717) is 0 Å². The maximum absolute atomic E-state index is 7.08. The van der Waals surface area contributed by atoms with Crippen LogP contribution in [-0.2, 0) is 16.2 Å². The zero-order valence-electron chi connectivity index (χ0n) is 24.2. The van der Waals surface area contributed by atoms with Crippen molar-refractivity contribution in [3.8, 4) is 11.5 Å². The van der Waals surface area contributed by atoms with Crippen LogP contribution in [0.5, 0.6) is 11.5 Å². The molecule has 0 saturated heterocycles. The topological polar surface area (TPSA) is 33.3 Å². The van der Waals surface area contributed by atoms with Crippen LogP contribution in [0, 0.1) is 0 Å². The molecule has 3 nitrogen and oxygen atoms in total. The SMILES string of the molecule is CN[Si](C)(C)c1cc(C(C)(C)C)cc2c1Oc1c(cc(C(C)(C)C)cc1[Si](C)(C)NC)C2(C)C. The summed E-state index contributed by atoms with van der Waals surface area (Å²) in [5, 5.41) is 2.73. The summed E-state index contributed by atoms with van der Waals surface area (Å²) in [5.74, 6) is 2.17. The summed E-state index contributed by atoms with van der Waals surface area (Å²) < 4.78 is 7.08. The smallest absolute Gasteiger partial charge is 0.156 e. The summed E-state index contributed by atoms with van der Waals surface area (Å²) in [4.78, 5) is 7.36. The molecule has 0 atom stereocenters. The second-order valence-corrected chi connectivity index (χ2v) is 22.4. The lowest BCUT2D eigenvalue weighted by molar-refractivity contribution is 0.420. The molecule has 0 amide bonds. The lowest BCUT2D eigenvalue weighted by Crippen LogP contribution is -2.56. The summed E-state index contributed by atoms with van der Waals surface area (Å²) in [6.45, 7) is 28.2. The Balaban J connectivity index is 2.47. The largest absolute Gasteiger partial charge is 0.457 e. The monoisotopic (exact) mass is 496 g/mol. The molecule has 2 aromatic rings. The molecule has 1 aliphatic rings. The zero-order chi connectivity index (χ0) is 26.1. The van der Waals surface area contributed by atoms with Gasteiger partial charge >= 0.3 is 0 Å². The number of fused-ring (bicyclic) bond motifs is 2. The van der Waals surface area contributed by atoms with Crippen molar-refractivity contribution >= 4 is 26.8 Å². The second kappa shape index (κ2) is 8.33. The Kier molecular flexibility index (Phi) is 6.66. The van der Waals surface area contributed by atoms with E-state index in [1.54, 1.807) is 0 Å². The standard InChI is InChI=1S/C29H48N2OSi2/c1-27(2,3)19-15-21-25(23(17-19)33(11,12)30-9)32-26-22(29(21,7)8)16-20(28(4,5)6)18-24(26)34(13,14)31-10/h15-18,30-31H,1-14H3. The molecule has 1 heterocycles. The minimum Gasteiger partial charge on any atom is -0.457 e.